The van der Waals surface area contributed by atoms with Gasteiger partial charge in [0.1, 0.15) is 19.3 Å². The van der Waals surface area contributed by atoms with E-state index in [0.717, 1.165) is 4.90 Å². The van der Waals surface area contributed by atoms with Crippen LogP contribution in [0.25, 0.3) is 0 Å². The van der Waals surface area contributed by atoms with E-state index >= 15 is 0 Å². The molecule has 0 aromatic heterocycles. The Morgan fingerprint density at radius 3 is 2.22 bits per heavy atom. The van der Waals surface area contributed by atoms with Crippen LogP contribution in [0.3, 0.4) is 0 Å². The number of anilines is 1. The zero-order chi connectivity index (χ0) is 29.6. The van der Waals surface area contributed by atoms with Gasteiger partial charge in [-0.2, -0.15) is 0 Å². The van der Waals surface area contributed by atoms with Crippen LogP contribution in [0.15, 0.2) is 18.2 Å². The molecule has 0 radical (unpaired) electrons. The number of fused-ring (bicyclic) bond motifs is 1. The van der Waals surface area contributed by atoms with Gasteiger partial charge in [0.15, 0.2) is 0 Å². The molecule has 0 saturated carbocycles. The van der Waals surface area contributed by atoms with Gasteiger partial charge in [0.2, 0.25) is 17.7 Å². The highest BCUT2D eigenvalue weighted by Gasteiger charge is 2.45. The smallest absolute Gasteiger partial charge is 0.329 e. The van der Waals surface area contributed by atoms with Crippen molar-refractivity contribution in [2.24, 2.45) is 0 Å². The standard InChI is InChI=1S/C26H34N4O11/c31-20-6-5-19(24(35)29-20)30-25(36)17-3-1-4-18(23(17)26(30)37)27-7-2-8-28-21(32)15-40-13-11-38-9-10-39-12-14-41-16-22(33)34/h1,3-4,19,27H,2,5-16H2,(H,28,32)(H,33,34)(H,29,31,35). The third-order valence-electron chi connectivity index (χ3n) is 6.03. The van der Waals surface area contributed by atoms with E-state index in [2.05, 4.69) is 16.0 Å². The molecule has 1 unspecified atom stereocenters. The summed E-state index contributed by atoms with van der Waals surface area (Å²) in [4.78, 5) is 72.8. The van der Waals surface area contributed by atoms with Crippen LogP contribution in [0.2, 0.25) is 0 Å². The van der Waals surface area contributed by atoms with Crippen molar-refractivity contribution in [3.8, 4) is 0 Å². The number of ether oxygens (including phenoxy) is 4. The molecule has 5 amide bonds. The minimum Gasteiger partial charge on any atom is -0.480 e. The second-order valence-corrected chi connectivity index (χ2v) is 9.03. The Balaban J connectivity index is 1.26. The number of piperidine rings is 1. The largest absolute Gasteiger partial charge is 0.480 e. The third-order valence-corrected chi connectivity index (χ3v) is 6.03. The van der Waals surface area contributed by atoms with Gasteiger partial charge in [-0.25, -0.2) is 4.79 Å². The van der Waals surface area contributed by atoms with Crippen molar-refractivity contribution in [2.45, 2.75) is 25.3 Å². The van der Waals surface area contributed by atoms with Gasteiger partial charge in [0, 0.05) is 25.2 Å². The fourth-order valence-corrected chi connectivity index (χ4v) is 4.13. The number of amides is 5. The number of carboxylic acid groups (broad SMARTS) is 1. The average Bonchev–Trinajstić information content (AvgIpc) is 3.19. The summed E-state index contributed by atoms with van der Waals surface area (Å²) in [7, 11) is 0. The number of carbonyl (C=O) groups excluding carboxylic acids is 5. The zero-order valence-electron chi connectivity index (χ0n) is 22.5. The molecule has 1 saturated heterocycles. The molecule has 3 rings (SSSR count). The number of hydrogen-bond acceptors (Lipinski definition) is 11. The average molecular weight is 579 g/mol. The summed E-state index contributed by atoms with van der Waals surface area (Å²) in [5.41, 5.74) is 0.814. The van der Waals surface area contributed by atoms with Crippen molar-refractivity contribution in [1.82, 2.24) is 15.5 Å². The molecule has 1 aromatic carbocycles. The van der Waals surface area contributed by atoms with Gasteiger partial charge >= 0.3 is 5.97 Å². The lowest BCUT2D eigenvalue weighted by Crippen LogP contribution is -2.54. The van der Waals surface area contributed by atoms with Gasteiger partial charge in [-0.05, 0) is 25.0 Å². The van der Waals surface area contributed by atoms with Crippen LogP contribution in [0.5, 0.6) is 0 Å². The first-order chi connectivity index (χ1) is 19.8. The molecule has 0 spiro atoms. The fourth-order valence-electron chi connectivity index (χ4n) is 4.13. The van der Waals surface area contributed by atoms with Gasteiger partial charge in [-0.15, -0.1) is 0 Å². The Bertz CT molecular complexity index is 1130. The van der Waals surface area contributed by atoms with Crippen LogP contribution < -0.4 is 16.0 Å². The van der Waals surface area contributed by atoms with Crippen LogP contribution in [0.1, 0.15) is 40.0 Å². The number of nitrogens with one attached hydrogen (secondary N) is 3. The molecular weight excluding hydrogens is 544 g/mol. The van der Waals surface area contributed by atoms with Gasteiger partial charge in [-0.3, -0.25) is 34.2 Å². The molecular formula is C26H34N4O11. The van der Waals surface area contributed by atoms with E-state index in [-0.39, 0.29) is 69.5 Å². The highest BCUT2D eigenvalue weighted by atomic mass is 16.6. The Morgan fingerprint density at radius 1 is 0.902 bits per heavy atom. The summed E-state index contributed by atoms with van der Waals surface area (Å²) in [6.07, 6.45) is 0.656. The Labute approximate surface area is 235 Å². The van der Waals surface area contributed by atoms with Crippen molar-refractivity contribution < 1.29 is 52.8 Å². The molecule has 41 heavy (non-hydrogen) atoms. The van der Waals surface area contributed by atoms with Gasteiger partial charge < -0.3 is 34.7 Å². The summed E-state index contributed by atoms with van der Waals surface area (Å²) < 4.78 is 20.6. The Morgan fingerprint density at radius 2 is 1.56 bits per heavy atom. The minimum atomic E-state index is -1.04. The number of hydrogen-bond donors (Lipinski definition) is 4. The lowest BCUT2D eigenvalue weighted by atomic mass is 10.0. The van der Waals surface area contributed by atoms with Crippen LogP contribution in [0.4, 0.5) is 5.69 Å². The van der Waals surface area contributed by atoms with Crippen LogP contribution in [-0.2, 0) is 38.1 Å². The van der Waals surface area contributed by atoms with Crippen LogP contribution >= 0.6 is 0 Å². The molecule has 1 atom stereocenters. The predicted octanol–water partition coefficient (Wildman–Crippen LogP) is -0.843. The van der Waals surface area contributed by atoms with E-state index < -0.39 is 35.6 Å². The van der Waals surface area contributed by atoms with Crippen molar-refractivity contribution in [3.63, 3.8) is 0 Å². The summed E-state index contributed by atoms with van der Waals surface area (Å²) in [6.45, 7) is 1.84. The van der Waals surface area contributed by atoms with E-state index in [1.165, 1.54) is 6.07 Å². The number of carboxylic acids is 1. The number of imide groups is 2. The summed E-state index contributed by atoms with van der Waals surface area (Å²) >= 11 is 0. The number of aliphatic carboxylic acids is 1. The first-order valence-electron chi connectivity index (χ1n) is 13.2. The van der Waals surface area contributed by atoms with Gasteiger partial charge in [-0.1, -0.05) is 6.07 Å². The number of rotatable bonds is 19. The SMILES string of the molecule is O=C(O)COCCOCCOCCOCC(=O)NCCCNc1cccc2c1C(=O)N(C1CCC(=O)NC1=O)C2=O. The maximum absolute atomic E-state index is 13.1. The molecule has 4 N–H and O–H groups in total. The topological polar surface area (TPSA) is 199 Å². The lowest BCUT2D eigenvalue weighted by molar-refractivity contribution is -0.143. The van der Waals surface area contributed by atoms with Crippen LogP contribution in [-0.4, -0.2) is 117 Å². The van der Waals surface area contributed by atoms with Crippen molar-refractivity contribution in [3.05, 3.63) is 29.3 Å². The molecule has 0 bridgehead atoms. The van der Waals surface area contributed by atoms with E-state index in [1.54, 1.807) is 12.1 Å². The summed E-state index contributed by atoms with van der Waals surface area (Å²) in [5, 5.41) is 16.4. The Hall–Kier alpha value is -3.92. The first kappa shape index (κ1) is 31.6. The predicted molar refractivity (Wildman–Crippen MR) is 140 cm³/mol. The van der Waals surface area contributed by atoms with Crippen molar-refractivity contribution >= 4 is 41.2 Å². The highest BCUT2D eigenvalue weighted by molar-refractivity contribution is 6.25. The maximum atomic E-state index is 13.1. The molecule has 2 aliphatic rings. The first-order valence-corrected chi connectivity index (χ1v) is 13.2. The number of nitrogens with zero attached hydrogens (tertiary/aromatic N) is 1. The third kappa shape index (κ3) is 9.60. The Kier molecular flexibility index (Phi) is 12.6. The number of benzene rings is 1. The second-order valence-electron chi connectivity index (χ2n) is 9.03. The molecule has 15 nitrogen and oxygen atoms in total. The second kappa shape index (κ2) is 16.4. The zero-order valence-corrected chi connectivity index (χ0v) is 22.5. The molecule has 0 aliphatic carbocycles. The summed E-state index contributed by atoms with van der Waals surface area (Å²) in [6, 6.07) is 3.79. The van der Waals surface area contributed by atoms with Crippen molar-refractivity contribution in [1.29, 1.82) is 0 Å². The number of carbonyl (C=O) groups is 6. The molecule has 1 aromatic rings. The normalized spacial score (nSPS) is 16.5. The molecule has 1 fully saturated rings. The quantitative estimate of drug-likeness (QED) is 0.117. The fraction of sp³-hybridized carbons (Fsp3) is 0.538. The highest BCUT2D eigenvalue weighted by Crippen LogP contribution is 2.32. The van der Waals surface area contributed by atoms with Crippen molar-refractivity contribution in [2.75, 3.05) is 71.3 Å². The monoisotopic (exact) mass is 578 g/mol. The molecule has 15 heteroatoms. The van der Waals surface area contributed by atoms with Gasteiger partial charge in [0.25, 0.3) is 11.8 Å². The van der Waals surface area contributed by atoms with Crippen LogP contribution in [0, 0.1) is 0 Å². The molecule has 2 aliphatic heterocycles. The lowest BCUT2D eigenvalue weighted by Gasteiger charge is -2.27. The maximum Gasteiger partial charge on any atom is 0.329 e. The van der Waals surface area contributed by atoms with E-state index in [0.29, 0.717) is 38.4 Å². The van der Waals surface area contributed by atoms with E-state index in [4.69, 9.17) is 24.1 Å². The van der Waals surface area contributed by atoms with E-state index in [9.17, 15) is 28.8 Å². The minimum absolute atomic E-state index is 0.0469. The van der Waals surface area contributed by atoms with Gasteiger partial charge in [0.05, 0.1) is 50.8 Å². The summed E-state index contributed by atoms with van der Waals surface area (Å²) in [5.74, 6) is -3.60. The van der Waals surface area contributed by atoms with E-state index in [1.807, 2.05) is 0 Å². The molecule has 224 valence electrons. The molecule has 2 heterocycles.